The van der Waals surface area contributed by atoms with Crippen LogP contribution < -0.4 is 0 Å². The third kappa shape index (κ3) is 4.58. The first-order chi connectivity index (χ1) is 14.6. The number of aromatic nitrogens is 4. The number of hydrogen-bond donors (Lipinski definition) is 1. The van der Waals surface area contributed by atoms with Crippen molar-refractivity contribution in [3.63, 3.8) is 0 Å². The lowest BCUT2D eigenvalue weighted by molar-refractivity contribution is 0.590. The van der Waals surface area contributed by atoms with Gasteiger partial charge in [0.25, 0.3) is 0 Å². The van der Waals surface area contributed by atoms with Crippen molar-refractivity contribution in [2.24, 2.45) is 0 Å². The van der Waals surface area contributed by atoms with Gasteiger partial charge in [0.1, 0.15) is 5.69 Å². The van der Waals surface area contributed by atoms with Gasteiger partial charge in [0, 0.05) is 11.8 Å². The molecular formula is C27H30N4. The molecule has 2 aromatic heterocycles. The van der Waals surface area contributed by atoms with Crippen LogP contribution in [0.1, 0.15) is 52.7 Å². The van der Waals surface area contributed by atoms with Crippen molar-refractivity contribution in [3.05, 3.63) is 78.0 Å². The van der Waals surface area contributed by atoms with E-state index in [1.807, 2.05) is 12.3 Å². The average Bonchev–Trinajstić information content (AvgIpc) is 3.23. The van der Waals surface area contributed by atoms with E-state index in [1.165, 1.54) is 11.1 Å². The largest absolute Gasteiger partial charge is 0.257 e. The molecule has 0 saturated carbocycles. The highest BCUT2D eigenvalue weighted by molar-refractivity contribution is 5.69. The lowest BCUT2D eigenvalue weighted by atomic mass is 9.86. The van der Waals surface area contributed by atoms with Crippen LogP contribution in [0, 0.1) is 0 Å². The lowest BCUT2D eigenvalue weighted by Gasteiger charge is -2.19. The number of rotatable bonds is 3. The van der Waals surface area contributed by atoms with E-state index in [4.69, 9.17) is 4.98 Å². The fraction of sp³-hybridized carbons (Fsp3) is 0.296. The highest BCUT2D eigenvalue weighted by Gasteiger charge is 2.16. The topological polar surface area (TPSA) is 54.5 Å². The molecule has 0 radical (unpaired) electrons. The first kappa shape index (κ1) is 21.0. The van der Waals surface area contributed by atoms with E-state index in [2.05, 4.69) is 111 Å². The molecule has 0 bridgehead atoms. The normalized spacial score (nSPS) is 12.2. The second-order valence-electron chi connectivity index (χ2n) is 10.1. The molecule has 0 saturated heterocycles. The fourth-order valence-electron chi connectivity index (χ4n) is 3.53. The van der Waals surface area contributed by atoms with Crippen LogP contribution in [0.15, 0.2) is 66.9 Å². The zero-order valence-electron chi connectivity index (χ0n) is 19.2. The summed E-state index contributed by atoms with van der Waals surface area (Å²) < 4.78 is 0. The van der Waals surface area contributed by atoms with Crippen LogP contribution in [0.2, 0.25) is 0 Å². The second-order valence-corrected chi connectivity index (χ2v) is 10.1. The Labute approximate surface area is 184 Å². The van der Waals surface area contributed by atoms with Gasteiger partial charge < -0.3 is 0 Å². The number of H-pyrrole nitrogens is 1. The van der Waals surface area contributed by atoms with Crippen molar-refractivity contribution in [1.82, 2.24) is 20.2 Å². The Morgan fingerprint density at radius 1 is 0.645 bits per heavy atom. The van der Waals surface area contributed by atoms with Crippen molar-refractivity contribution < 1.29 is 0 Å². The van der Waals surface area contributed by atoms with E-state index < -0.39 is 0 Å². The molecule has 0 amide bonds. The maximum absolute atomic E-state index is 4.69. The highest BCUT2D eigenvalue weighted by atomic mass is 15.2. The molecule has 158 valence electrons. The predicted octanol–water partition coefficient (Wildman–Crippen LogP) is 6.80. The Balaban J connectivity index is 1.60. The maximum atomic E-state index is 4.69. The first-order valence-corrected chi connectivity index (χ1v) is 10.7. The molecule has 0 aliphatic carbocycles. The molecule has 0 unspecified atom stereocenters. The Morgan fingerprint density at radius 2 is 1.19 bits per heavy atom. The van der Waals surface area contributed by atoms with Gasteiger partial charge in [-0.2, -0.15) is 5.10 Å². The van der Waals surface area contributed by atoms with Crippen LogP contribution in [0.3, 0.4) is 0 Å². The molecule has 0 spiro atoms. The van der Waals surface area contributed by atoms with Gasteiger partial charge >= 0.3 is 0 Å². The van der Waals surface area contributed by atoms with Crippen molar-refractivity contribution in [2.75, 3.05) is 0 Å². The summed E-state index contributed by atoms with van der Waals surface area (Å²) in [6.45, 7) is 13.3. The SMILES string of the molecule is CC(C)(C)c1ccc(-c2ccnc(-c3nc(-c4ccc(C(C)(C)C)cc4)n[nH]3)c2)cc1. The van der Waals surface area contributed by atoms with Gasteiger partial charge in [-0.3, -0.25) is 10.1 Å². The Morgan fingerprint density at radius 3 is 1.74 bits per heavy atom. The van der Waals surface area contributed by atoms with Gasteiger partial charge in [0.15, 0.2) is 11.6 Å². The minimum absolute atomic E-state index is 0.123. The summed E-state index contributed by atoms with van der Waals surface area (Å²) in [7, 11) is 0. The van der Waals surface area contributed by atoms with Crippen molar-refractivity contribution in [3.8, 4) is 34.0 Å². The molecule has 2 heterocycles. The Bertz CT molecular complexity index is 1170. The summed E-state index contributed by atoms with van der Waals surface area (Å²) in [6.07, 6.45) is 1.82. The van der Waals surface area contributed by atoms with E-state index in [9.17, 15) is 0 Å². The summed E-state index contributed by atoms with van der Waals surface area (Å²) in [5.41, 5.74) is 6.92. The highest BCUT2D eigenvalue weighted by Crippen LogP contribution is 2.29. The molecule has 0 aliphatic heterocycles. The van der Waals surface area contributed by atoms with E-state index in [-0.39, 0.29) is 10.8 Å². The Hall–Kier alpha value is -3.27. The van der Waals surface area contributed by atoms with Crippen LogP contribution in [-0.4, -0.2) is 20.2 Å². The van der Waals surface area contributed by atoms with Crippen LogP contribution in [0.5, 0.6) is 0 Å². The minimum atomic E-state index is 0.123. The summed E-state index contributed by atoms with van der Waals surface area (Å²) in [5.74, 6) is 1.35. The van der Waals surface area contributed by atoms with Gasteiger partial charge in [-0.15, -0.1) is 0 Å². The number of pyridine rings is 1. The van der Waals surface area contributed by atoms with Crippen LogP contribution in [-0.2, 0) is 10.8 Å². The first-order valence-electron chi connectivity index (χ1n) is 10.7. The van der Waals surface area contributed by atoms with Gasteiger partial charge in [-0.1, -0.05) is 90.1 Å². The van der Waals surface area contributed by atoms with Crippen molar-refractivity contribution in [2.45, 2.75) is 52.4 Å². The maximum Gasteiger partial charge on any atom is 0.181 e. The summed E-state index contributed by atoms with van der Waals surface area (Å²) in [6, 6.07) is 21.3. The quantitative estimate of drug-likeness (QED) is 0.404. The average molecular weight is 411 g/mol. The summed E-state index contributed by atoms with van der Waals surface area (Å²) in [5, 5.41) is 7.47. The molecule has 4 rings (SSSR count). The summed E-state index contributed by atoms with van der Waals surface area (Å²) >= 11 is 0. The monoisotopic (exact) mass is 410 g/mol. The molecule has 0 fully saturated rings. The van der Waals surface area contributed by atoms with Gasteiger partial charge in [-0.25, -0.2) is 4.98 Å². The number of nitrogens with zero attached hydrogens (tertiary/aromatic N) is 3. The Kier molecular flexibility index (Phi) is 5.26. The van der Waals surface area contributed by atoms with E-state index in [0.717, 1.165) is 22.4 Å². The van der Waals surface area contributed by atoms with Gasteiger partial charge in [0.05, 0.1) is 0 Å². The molecule has 4 heteroatoms. The number of aromatic amines is 1. The third-order valence-electron chi connectivity index (χ3n) is 5.58. The summed E-state index contributed by atoms with van der Waals surface area (Å²) in [4.78, 5) is 9.21. The van der Waals surface area contributed by atoms with Crippen molar-refractivity contribution in [1.29, 1.82) is 0 Å². The van der Waals surface area contributed by atoms with E-state index >= 15 is 0 Å². The number of nitrogens with one attached hydrogen (secondary N) is 1. The second kappa shape index (κ2) is 7.77. The van der Waals surface area contributed by atoms with Crippen LogP contribution in [0.4, 0.5) is 0 Å². The molecule has 4 aromatic rings. The zero-order chi connectivity index (χ0) is 22.2. The number of benzene rings is 2. The van der Waals surface area contributed by atoms with Gasteiger partial charge in [0.2, 0.25) is 0 Å². The molecule has 0 atom stereocenters. The van der Waals surface area contributed by atoms with Crippen LogP contribution in [0.25, 0.3) is 34.0 Å². The van der Waals surface area contributed by atoms with E-state index in [1.54, 1.807) is 0 Å². The molecule has 1 N–H and O–H groups in total. The fourth-order valence-corrected chi connectivity index (χ4v) is 3.53. The predicted molar refractivity (Wildman–Crippen MR) is 128 cm³/mol. The molecule has 2 aromatic carbocycles. The standard InChI is InChI=1S/C27H30N4/c1-26(2,3)21-11-7-18(8-12-21)20-15-16-28-23(17-20)25-29-24(30-31-25)19-9-13-22(14-10-19)27(4,5)6/h7-17H,1-6H3,(H,29,30,31). The van der Waals surface area contributed by atoms with Gasteiger partial charge in [-0.05, 0) is 45.2 Å². The smallest absolute Gasteiger partial charge is 0.181 e. The number of hydrogen-bond acceptors (Lipinski definition) is 3. The zero-order valence-corrected chi connectivity index (χ0v) is 19.2. The molecule has 4 nitrogen and oxygen atoms in total. The molecule has 0 aliphatic rings. The lowest BCUT2D eigenvalue weighted by Crippen LogP contribution is -2.10. The third-order valence-corrected chi connectivity index (χ3v) is 5.58. The molecule has 31 heavy (non-hydrogen) atoms. The molecular weight excluding hydrogens is 380 g/mol. The van der Waals surface area contributed by atoms with Crippen molar-refractivity contribution >= 4 is 0 Å². The minimum Gasteiger partial charge on any atom is -0.257 e. The van der Waals surface area contributed by atoms with E-state index in [0.29, 0.717) is 11.6 Å². The van der Waals surface area contributed by atoms with Crippen LogP contribution >= 0.6 is 0 Å².